The lowest BCUT2D eigenvalue weighted by Crippen LogP contribution is -2.03. The summed E-state index contributed by atoms with van der Waals surface area (Å²) in [5, 5.41) is 28.6. The van der Waals surface area contributed by atoms with E-state index < -0.39 is 0 Å². The first-order valence-corrected chi connectivity index (χ1v) is 19.0. The van der Waals surface area contributed by atoms with Gasteiger partial charge >= 0.3 is 0 Å². The molecular formula is C50H28N4S. The monoisotopic (exact) mass is 716 g/mol. The van der Waals surface area contributed by atoms with Crippen LogP contribution in [0.1, 0.15) is 11.1 Å². The van der Waals surface area contributed by atoms with Crippen molar-refractivity contribution < 1.29 is 0 Å². The third-order valence-electron chi connectivity index (χ3n) is 11.0. The summed E-state index contributed by atoms with van der Waals surface area (Å²) in [6, 6.07) is 64.0. The third-order valence-corrected chi connectivity index (χ3v) is 12.2. The van der Waals surface area contributed by atoms with E-state index in [0.717, 1.165) is 50.1 Å². The van der Waals surface area contributed by atoms with Crippen molar-refractivity contribution in [1.29, 1.82) is 10.5 Å². The van der Waals surface area contributed by atoms with Crippen molar-refractivity contribution in [2.75, 3.05) is 0 Å². The van der Waals surface area contributed by atoms with Gasteiger partial charge in [-0.2, -0.15) is 10.5 Å². The molecule has 254 valence electrons. The molecular weight excluding hydrogens is 689 g/mol. The molecule has 0 N–H and O–H groups in total. The molecule has 3 aromatic heterocycles. The van der Waals surface area contributed by atoms with Crippen LogP contribution in [0, 0.1) is 22.7 Å². The largest absolute Gasteiger partial charge is 0.309 e. The SMILES string of the molecule is N#Cc1ccc(-c2ccc(-n3c4ccccc4c4ccccc43)cc2-n2c3ccccc3c3c4sc5ccccc5c4ccc32)c(C#N)c1-c1ccccc1. The minimum atomic E-state index is 0.471. The maximum atomic E-state index is 11.0. The van der Waals surface area contributed by atoms with Crippen LogP contribution in [0.15, 0.2) is 170 Å². The Morgan fingerprint density at radius 1 is 0.455 bits per heavy atom. The number of hydrogen-bond donors (Lipinski definition) is 0. The highest BCUT2D eigenvalue weighted by atomic mass is 32.1. The van der Waals surface area contributed by atoms with E-state index in [9.17, 15) is 10.5 Å². The average molecular weight is 717 g/mol. The Morgan fingerprint density at radius 3 is 1.78 bits per heavy atom. The summed E-state index contributed by atoms with van der Waals surface area (Å²) in [4.78, 5) is 0. The minimum Gasteiger partial charge on any atom is -0.309 e. The van der Waals surface area contributed by atoms with Crippen molar-refractivity contribution in [3.8, 4) is 45.8 Å². The van der Waals surface area contributed by atoms with Gasteiger partial charge in [0.25, 0.3) is 0 Å². The predicted octanol–water partition coefficient (Wildman–Crippen LogP) is 13.3. The smallest absolute Gasteiger partial charge is 0.100 e. The van der Waals surface area contributed by atoms with E-state index in [1.807, 2.05) is 53.8 Å². The second-order valence-corrected chi connectivity index (χ2v) is 14.9. The maximum Gasteiger partial charge on any atom is 0.100 e. The Labute approximate surface area is 320 Å². The van der Waals surface area contributed by atoms with Crippen molar-refractivity contribution in [3.63, 3.8) is 0 Å². The van der Waals surface area contributed by atoms with Gasteiger partial charge in [-0.3, -0.25) is 0 Å². The topological polar surface area (TPSA) is 57.4 Å². The first kappa shape index (κ1) is 31.1. The van der Waals surface area contributed by atoms with Crippen molar-refractivity contribution >= 4 is 75.1 Å². The Kier molecular flexibility index (Phi) is 6.82. The molecule has 5 heteroatoms. The van der Waals surface area contributed by atoms with Gasteiger partial charge in [-0.1, -0.05) is 121 Å². The van der Waals surface area contributed by atoms with Crippen LogP contribution in [0.2, 0.25) is 0 Å². The standard InChI is InChI=1S/C50H28N4S/c51-29-32-22-24-34(41(30-52)48(32)31-12-2-1-3-13-31)37-25-23-33(53-42-18-8-4-14-35(42)36-15-5-9-19-43(36)53)28-46(37)54-44-20-10-6-17-40(44)49-45(54)27-26-39-38-16-7-11-21-47(38)55-50(39)49/h1-28H. The second kappa shape index (κ2) is 12.0. The number of rotatable bonds is 4. The maximum absolute atomic E-state index is 11.0. The zero-order valence-electron chi connectivity index (χ0n) is 29.4. The number of nitriles is 2. The summed E-state index contributed by atoms with van der Waals surface area (Å²) in [6.45, 7) is 0. The fourth-order valence-electron chi connectivity index (χ4n) is 8.71. The highest BCUT2D eigenvalue weighted by Crippen LogP contribution is 2.46. The number of nitrogens with zero attached hydrogens (tertiary/aromatic N) is 4. The fraction of sp³-hybridized carbons (Fsp3) is 0. The lowest BCUT2D eigenvalue weighted by atomic mass is 9.88. The molecule has 55 heavy (non-hydrogen) atoms. The van der Waals surface area contributed by atoms with Crippen LogP contribution in [-0.4, -0.2) is 9.13 Å². The van der Waals surface area contributed by atoms with Gasteiger partial charge in [0.1, 0.15) is 6.07 Å². The number of thiophene rings is 1. The van der Waals surface area contributed by atoms with Crippen LogP contribution >= 0.6 is 11.3 Å². The van der Waals surface area contributed by atoms with Gasteiger partial charge in [-0.25, -0.2) is 0 Å². The van der Waals surface area contributed by atoms with Crippen molar-refractivity contribution in [2.45, 2.75) is 0 Å². The van der Waals surface area contributed by atoms with Crippen LogP contribution < -0.4 is 0 Å². The van der Waals surface area contributed by atoms with E-state index in [1.165, 1.54) is 41.7 Å². The number of fused-ring (bicyclic) bond motifs is 10. The second-order valence-electron chi connectivity index (χ2n) is 13.9. The van der Waals surface area contributed by atoms with Gasteiger partial charge in [0, 0.05) is 64.1 Å². The van der Waals surface area contributed by atoms with Crippen LogP contribution in [0.4, 0.5) is 0 Å². The van der Waals surface area contributed by atoms with Crippen molar-refractivity contribution in [1.82, 2.24) is 9.13 Å². The predicted molar refractivity (Wildman–Crippen MR) is 228 cm³/mol. The highest BCUT2D eigenvalue weighted by Gasteiger charge is 2.24. The molecule has 3 heterocycles. The Balaban J connectivity index is 1.29. The van der Waals surface area contributed by atoms with E-state index in [1.54, 1.807) is 0 Å². The number of aromatic nitrogens is 2. The van der Waals surface area contributed by atoms with Crippen LogP contribution in [-0.2, 0) is 0 Å². The zero-order chi connectivity index (χ0) is 36.6. The molecule has 4 nitrogen and oxygen atoms in total. The number of benzene rings is 8. The van der Waals surface area contributed by atoms with Gasteiger partial charge < -0.3 is 9.13 Å². The molecule has 0 atom stereocenters. The number of para-hydroxylation sites is 3. The van der Waals surface area contributed by atoms with E-state index >= 15 is 0 Å². The first-order chi connectivity index (χ1) is 27.2. The Hall–Kier alpha value is -7.44. The molecule has 0 aliphatic carbocycles. The molecule has 11 rings (SSSR count). The van der Waals surface area contributed by atoms with E-state index in [-0.39, 0.29) is 0 Å². The molecule has 0 saturated carbocycles. The minimum absolute atomic E-state index is 0.471. The summed E-state index contributed by atoms with van der Waals surface area (Å²) in [5.41, 5.74) is 10.5. The van der Waals surface area contributed by atoms with E-state index in [2.05, 4.69) is 149 Å². The van der Waals surface area contributed by atoms with Crippen molar-refractivity contribution in [3.05, 3.63) is 181 Å². The molecule has 0 amide bonds. The van der Waals surface area contributed by atoms with Gasteiger partial charge in [-0.05, 0) is 54.1 Å². The molecule has 11 aromatic rings. The average Bonchev–Trinajstić information content (AvgIpc) is 3.91. The Bertz CT molecular complexity index is 3400. The lowest BCUT2D eigenvalue weighted by molar-refractivity contribution is 1.14. The molecule has 0 spiro atoms. The van der Waals surface area contributed by atoms with Crippen LogP contribution in [0.3, 0.4) is 0 Å². The molecule has 0 radical (unpaired) electrons. The molecule has 0 aliphatic heterocycles. The molecule has 8 aromatic carbocycles. The van der Waals surface area contributed by atoms with Gasteiger partial charge in [-0.15, -0.1) is 11.3 Å². The van der Waals surface area contributed by atoms with Crippen LogP contribution in [0.5, 0.6) is 0 Å². The van der Waals surface area contributed by atoms with E-state index in [0.29, 0.717) is 16.7 Å². The van der Waals surface area contributed by atoms with Gasteiger partial charge in [0.15, 0.2) is 0 Å². The molecule has 0 aliphatic rings. The summed E-state index contributed by atoms with van der Waals surface area (Å²) in [6.07, 6.45) is 0. The lowest BCUT2D eigenvalue weighted by Gasteiger charge is -2.19. The summed E-state index contributed by atoms with van der Waals surface area (Å²) >= 11 is 1.84. The normalized spacial score (nSPS) is 11.6. The van der Waals surface area contributed by atoms with E-state index in [4.69, 9.17) is 0 Å². The summed E-state index contributed by atoms with van der Waals surface area (Å²) < 4.78 is 7.25. The molecule has 0 bridgehead atoms. The zero-order valence-corrected chi connectivity index (χ0v) is 30.2. The Morgan fingerprint density at radius 2 is 1.07 bits per heavy atom. The fourth-order valence-corrected chi connectivity index (χ4v) is 9.97. The molecule has 0 unspecified atom stereocenters. The highest BCUT2D eigenvalue weighted by molar-refractivity contribution is 7.26. The molecule has 0 saturated heterocycles. The van der Waals surface area contributed by atoms with Gasteiger partial charge in [0.2, 0.25) is 0 Å². The number of hydrogen-bond acceptors (Lipinski definition) is 3. The van der Waals surface area contributed by atoms with Gasteiger partial charge in [0.05, 0.1) is 45.0 Å². The quantitative estimate of drug-likeness (QED) is 0.182. The third kappa shape index (κ3) is 4.49. The summed E-state index contributed by atoms with van der Waals surface area (Å²) in [5.74, 6) is 0. The van der Waals surface area contributed by atoms with Crippen LogP contribution in [0.25, 0.3) is 97.4 Å². The van der Waals surface area contributed by atoms with Crippen molar-refractivity contribution in [2.24, 2.45) is 0 Å². The summed E-state index contributed by atoms with van der Waals surface area (Å²) in [7, 11) is 0. The molecule has 0 fully saturated rings. The first-order valence-electron chi connectivity index (χ1n) is 18.2.